The van der Waals surface area contributed by atoms with Crippen molar-refractivity contribution in [3.05, 3.63) is 157 Å². The van der Waals surface area contributed by atoms with E-state index in [0.29, 0.717) is 6.04 Å². The molecule has 3 nitrogen and oxygen atoms in total. The van der Waals surface area contributed by atoms with Crippen molar-refractivity contribution < 1.29 is 0 Å². The number of hydrogen-bond acceptors (Lipinski definition) is 3. The maximum Gasteiger partial charge on any atom is 0.160 e. The van der Waals surface area contributed by atoms with E-state index in [1.165, 1.54) is 44.8 Å². The van der Waals surface area contributed by atoms with Gasteiger partial charge >= 0.3 is 0 Å². The lowest BCUT2D eigenvalue weighted by atomic mass is 9.99. The lowest BCUT2D eigenvalue weighted by molar-refractivity contribution is 0.725. The Hall–Kier alpha value is -5.54. The normalized spacial score (nSPS) is 14.8. The van der Waals surface area contributed by atoms with E-state index in [2.05, 4.69) is 150 Å². The molecule has 9 rings (SSSR count). The maximum atomic E-state index is 5.20. The van der Waals surface area contributed by atoms with E-state index in [0.717, 1.165) is 46.4 Å². The molecule has 2 aliphatic rings. The van der Waals surface area contributed by atoms with Gasteiger partial charge in [-0.05, 0) is 76.6 Å². The largest absolute Gasteiger partial charge is 0.337 e. The standard InChI is InChI=1S/C41H29N3/c1-3-9-27(10-4-1)29-15-17-30(18-16-29)40-36-13-7-8-14-37(36)42-41(43-40)33-21-22-38-34(23-33)25-35-24-32-20-19-31(26-39(32)44(35)38)28-11-5-2-6-12-28/h1-23,26,35H,24-25H2. The maximum absolute atomic E-state index is 5.20. The molecule has 0 radical (unpaired) electrons. The highest BCUT2D eigenvalue weighted by Gasteiger charge is 2.37. The van der Waals surface area contributed by atoms with Crippen LogP contribution in [0.1, 0.15) is 11.1 Å². The van der Waals surface area contributed by atoms with Crippen LogP contribution in [0.4, 0.5) is 11.4 Å². The van der Waals surface area contributed by atoms with Gasteiger partial charge in [0.05, 0.1) is 11.2 Å². The van der Waals surface area contributed by atoms with Gasteiger partial charge in [-0.25, -0.2) is 9.97 Å². The molecular weight excluding hydrogens is 534 g/mol. The SMILES string of the molecule is c1ccc(-c2ccc(-c3nc(-c4ccc5c(c4)CC4Cc6ccc(-c7ccccc7)cc6N54)nc4ccccc34)cc2)cc1. The highest BCUT2D eigenvalue weighted by molar-refractivity contribution is 5.94. The quantitative estimate of drug-likeness (QED) is 0.213. The molecule has 1 aromatic heterocycles. The summed E-state index contributed by atoms with van der Waals surface area (Å²) in [7, 11) is 0. The van der Waals surface area contributed by atoms with Crippen molar-refractivity contribution in [3.8, 4) is 44.9 Å². The zero-order valence-electron chi connectivity index (χ0n) is 24.2. The van der Waals surface area contributed by atoms with Crippen LogP contribution < -0.4 is 4.90 Å². The second-order valence-electron chi connectivity index (χ2n) is 11.8. The Morgan fingerprint density at radius 3 is 1.86 bits per heavy atom. The van der Waals surface area contributed by atoms with Crippen molar-refractivity contribution in [2.75, 3.05) is 4.90 Å². The number of aromatic nitrogens is 2. The van der Waals surface area contributed by atoms with Gasteiger partial charge in [0, 0.05) is 33.9 Å². The fourth-order valence-electron chi connectivity index (χ4n) is 7.06. The summed E-state index contributed by atoms with van der Waals surface area (Å²) in [6.07, 6.45) is 2.10. The summed E-state index contributed by atoms with van der Waals surface area (Å²) >= 11 is 0. The zero-order valence-corrected chi connectivity index (χ0v) is 24.2. The van der Waals surface area contributed by atoms with Gasteiger partial charge in [0.1, 0.15) is 0 Å². The predicted molar refractivity (Wildman–Crippen MR) is 181 cm³/mol. The van der Waals surface area contributed by atoms with Gasteiger partial charge in [-0.2, -0.15) is 0 Å². The van der Waals surface area contributed by atoms with Gasteiger partial charge in [0.2, 0.25) is 0 Å². The zero-order chi connectivity index (χ0) is 29.0. The minimum Gasteiger partial charge on any atom is -0.337 e. The fourth-order valence-corrected chi connectivity index (χ4v) is 7.06. The second-order valence-corrected chi connectivity index (χ2v) is 11.8. The monoisotopic (exact) mass is 563 g/mol. The van der Waals surface area contributed by atoms with Crippen LogP contribution in [-0.4, -0.2) is 16.0 Å². The molecule has 0 bridgehead atoms. The molecule has 2 aliphatic heterocycles. The van der Waals surface area contributed by atoms with Gasteiger partial charge in [0.25, 0.3) is 0 Å². The van der Waals surface area contributed by atoms with Crippen molar-refractivity contribution in [2.45, 2.75) is 18.9 Å². The summed E-state index contributed by atoms with van der Waals surface area (Å²) in [5, 5.41) is 1.07. The van der Waals surface area contributed by atoms with Crippen molar-refractivity contribution in [3.63, 3.8) is 0 Å². The molecule has 7 aromatic rings. The Morgan fingerprint density at radius 2 is 1.07 bits per heavy atom. The molecule has 3 heteroatoms. The molecule has 1 unspecified atom stereocenters. The number of hydrogen-bond donors (Lipinski definition) is 0. The first-order valence-corrected chi connectivity index (χ1v) is 15.3. The Kier molecular flexibility index (Phi) is 5.70. The molecule has 0 amide bonds. The topological polar surface area (TPSA) is 29.0 Å². The van der Waals surface area contributed by atoms with E-state index in [1.54, 1.807) is 0 Å². The molecule has 44 heavy (non-hydrogen) atoms. The second kappa shape index (κ2) is 10.0. The summed E-state index contributed by atoms with van der Waals surface area (Å²) in [4.78, 5) is 12.8. The summed E-state index contributed by atoms with van der Waals surface area (Å²) < 4.78 is 0. The Labute approximate surface area is 257 Å². The molecule has 0 saturated heterocycles. The van der Waals surface area contributed by atoms with Gasteiger partial charge < -0.3 is 4.90 Å². The third-order valence-electron chi connectivity index (χ3n) is 9.19. The Morgan fingerprint density at radius 1 is 0.455 bits per heavy atom. The molecule has 0 fully saturated rings. The first-order chi connectivity index (χ1) is 21.8. The van der Waals surface area contributed by atoms with Crippen molar-refractivity contribution in [2.24, 2.45) is 0 Å². The number of anilines is 2. The van der Waals surface area contributed by atoms with Crippen LogP contribution in [0.2, 0.25) is 0 Å². The first-order valence-electron chi connectivity index (χ1n) is 15.3. The number of para-hydroxylation sites is 1. The van der Waals surface area contributed by atoms with E-state index >= 15 is 0 Å². The molecular formula is C41H29N3. The minimum absolute atomic E-state index is 0.456. The molecule has 0 spiro atoms. The van der Waals surface area contributed by atoms with Gasteiger partial charge in [0.15, 0.2) is 5.82 Å². The van der Waals surface area contributed by atoms with Crippen molar-refractivity contribution >= 4 is 22.3 Å². The molecule has 0 N–H and O–H groups in total. The van der Waals surface area contributed by atoms with E-state index in [-0.39, 0.29) is 0 Å². The molecule has 6 aromatic carbocycles. The number of nitrogens with zero attached hydrogens (tertiary/aromatic N) is 3. The summed E-state index contributed by atoms with van der Waals surface area (Å²) in [5.74, 6) is 0.771. The van der Waals surface area contributed by atoms with E-state index in [1.807, 2.05) is 0 Å². The number of rotatable bonds is 4. The van der Waals surface area contributed by atoms with Crippen LogP contribution in [-0.2, 0) is 12.8 Å². The minimum atomic E-state index is 0.456. The van der Waals surface area contributed by atoms with E-state index < -0.39 is 0 Å². The average molecular weight is 564 g/mol. The Bertz CT molecular complexity index is 2170. The number of benzene rings is 6. The highest BCUT2D eigenvalue weighted by atomic mass is 15.2. The predicted octanol–water partition coefficient (Wildman–Crippen LogP) is 9.92. The van der Waals surface area contributed by atoms with Crippen LogP contribution in [0.15, 0.2) is 146 Å². The molecule has 0 aliphatic carbocycles. The van der Waals surface area contributed by atoms with Crippen molar-refractivity contribution in [1.82, 2.24) is 9.97 Å². The van der Waals surface area contributed by atoms with Crippen LogP contribution in [0, 0.1) is 0 Å². The van der Waals surface area contributed by atoms with Gasteiger partial charge in [-0.15, -0.1) is 0 Å². The summed E-state index contributed by atoms with van der Waals surface area (Å²) in [6, 6.07) is 52.4. The Balaban J connectivity index is 1.09. The van der Waals surface area contributed by atoms with Crippen LogP contribution in [0.5, 0.6) is 0 Å². The molecule has 1 atom stereocenters. The van der Waals surface area contributed by atoms with Gasteiger partial charge in [-0.1, -0.05) is 115 Å². The van der Waals surface area contributed by atoms with Gasteiger partial charge in [-0.3, -0.25) is 0 Å². The summed E-state index contributed by atoms with van der Waals surface area (Å²) in [6.45, 7) is 0. The van der Waals surface area contributed by atoms with Crippen LogP contribution >= 0.6 is 0 Å². The third kappa shape index (κ3) is 4.12. The molecule has 3 heterocycles. The molecule has 208 valence electrons. The highest BCUT2D eigenvalue weighted by Crippen LogP contribution is 2.48. The smallest absolute Gasteiger partial charge is 0.160 e. The lowest BCUT2D eigenvalue weighted by Crippen LogP contribution is -2.22. The number of fused-ring (bicyclic) bond motifs is 6. The lowest BCUT2D eigenvalue weighted by Gasteiger charge is -2.21. The van der Waals surface area contributed by atoms with Crippen LogP contribution in [0.25, 0.3) is 55.8 Å². The summed E-state index contributed by atoms with van der Waals surface area (Å²) in [5.41, 5.74) is 14.5. The average Bonchev–Trinajstić information content (AvgIpc) is 3.64. The molecule has 0 saturated carbocycles. The van der Waals surface area contributed by atoms with Crippen molar-refractivity contribution in [1.29, 1.82) is 0 Å². The van der Waals surface area contributed by atoms with Crippen LogP contribution in [0.3, 0.4) is 0 Å². The van der Waals surface area contributed by atoms with E-state index in [9.17, 15) is 0 Å². The fraction of sp³-hybridized carbons (Fsp3) is 0.0732. The third-order valence-corrected chi connectivity index (χ3v) is 9.19. The first kappa shape index (κ1) is 25.0. The van der Waals surface area contributed by atoms with E-state index in [4.69, 9.17) is 9.97 Å².